The molecule has 1 fully saturated rings. The zero-order valence-corrected chi connectivity index (χ0v) is 14.7. The maximum absolute atomic E-state index is 12.9. The summed E-state index contributed by atoms with van der Waals surface area (Å²) in [6, 6.07) is 13.4. The molecule has 2 aliphatic rings. The summed E-state index contributed by atoms with van der Waals surface area (Å²) in [6.07, 6.45) is 0.282. The number of ketones is 1. The Hall–Kier alpha value is -3.35. The lowest BCUT2D eigenvalue weighted by atomic mass is 9.92. The summed E-state index contributed by atoms with van der Waals surface area (Å²) in [5.74, 6) is 0.561. The van der Waals surface area contributed by atoms with Gasteiger partial charge in [0.15, 0.2) is 17.3 Å². The number of imide groups is 1. The fraction of sp³-hybridized carbons (Fsp3) is 0.250. The van der Waals surface area contributed by atoms with Gasteiger partial charge in [-0.2, -0.15) is 0 Å². The zero-order chi connectivity index (χ0) is 19.0. The van der Waals surface area contributed by atoms with Gasteiger partial charge in [0.05, 0.1) is 6.54 Å². The SMILES string of the molecule is C[C@]1(Cc2ccc3c(c2)OCO3)NC(=O)N(CC(=O)c2ccccc2)C1=O. The number of carbonyl (C=O) groups excluding carboxylic acids is 3. The predicted molar refractivity (Wildman–Crippen MR) is 95.7 cm³/mol. The first-order chi connectivity index (χ1) is 13.0. The van der Waals surface area contributed by atoms with E-state index in [1.165, 1.54) is 0 Å². The highest BCUT2D eigenvalue weighted by Gasteiger charge is 2.48. The van der Waals surface area contributed by atoms with Gasteiger partial charge in [-0.3, -0.25) is 14.5 Å². The molecule has 138 valence electrons. The lowest BCUT2D eigenvalue weighted by Gasteiger charge is -2.21. The Morgan fingerprint density at radius 1 is 1.11 bits per heavy atom. The lowest BCUT2D eigenvalue weighted by molar-refractivity contribution is -0.130. The Morgan fingerprint density at radius 2 is 1.85 bits per heavy atom. The molecular formula is C20H18N2O5. The third-order valence-electron chi connectivity index (χ3n) is 4.74. The number of nitrogens with zero attached hydrogens (tertiary/aromatic N) is 1. The van der Waals surface area contributed by atoms with Gasteiger partial charge in [-0.05, 0) is 24.6 Å². The van der Waals surface area contributed by atoms with E-state index < -0.39 is 17.5 Å². The van der Waals surface area contributed by atoms with Gasteiger partial charge in [-0.1, -0.05) is 36.4 Å². The fourth-order valence-corrected chi connectivity index (χ4v) is 3.33. The number of ether oxygens (including phenoxy) is 2. The van der Waals surface area contributed by atoms with E-state index in [-0.39, 0.29) is 25.5 Å². The number of hydrogen-bond acceptors (Lipinski definition) is 5. The molecule has 1 N–H and O–H groups in total. The number of benzene rings is 2. The molecule has 3 amide bonds. The molecule has 0 saturated carbocycles. The normalized spacial score (nSPS) is 20.7. The highest BCUT2D eigenvalue weighted by atomic mass is 16.7. The van der Waals surface area contributed by atoms with Crippen LogP contribution in [0.3, 0.4) is 0 Å². The number of amides is 3. The molecule has 2 aromatic carbocycles. The standard InChI is InChI=1S/C20H18N2O5/c1-20(10-13-7-8-16-17(9-13)27-12-26-16)18(24)22(19(25)21-20)11-15(23)14-5-3-2-4-6-14/h2-9H,10-12H2,1H3,(H,21,25)/t20-/m1/s1. The Balaban J connectivity index is 1.50. The van der Waals surface area contributed by atoms with E-state index in [9.17, 15) is 14.4 Å². The van der Waals surface area contributed by atoms with Crippen LogP contribution in [0.2, 0.25) is 0 Å². The molecule has 0 aromatic heterocycles. The molecule has 0 aliphatic carbocycles. The van der Waals surface area contributed by atoms with E-state index in [4.69, 9.17) is 9.47 Å². The van der Waals surface area contributed by atoms with E-state index in [1.54, 1.807) is 49.4 Å². The number of hydrogen-bond donors (Lipinski definition) is 1. The van der Waals surface area contributed by atoms with Crippen molar-refractivity contribution in [2.75, 3.05) is 13.3 Å². The van der Waals surface area contributed by atoms with Gasteiger partial charge in [0.2, 0.25) is 6.79 Å². The third-order valence-corrected chi connectivity index (χ3v) is 4.74. The van der Waals surface area contributed by atoms with Crippen LogP contribution in [0.4, 0.5) is 4.79 Å². The summed E-state index contributed by atoms with van der Waals surface area (Å²) in [7, 11) is 0. The minimum absolute atomic E-state index is 0.168. The molecule has 2 heterocycles. The monoisotopic (exact) mass is 366 g/mol. The van der Waals surface area contributed by atoms with Crippen LogP contribution in [-0.2, 0) is 11.2 Å². The Morgan fingerprint density at radius 3 is 2.63 bits per heavy atom. The number of fused-ring (bicyclic) bond motifs is 1. The quantitative estimate of drug-likeness (QED) is 0.647. The van der Waals surface area contributed by atoms with Gasteiger partial charge in [-0.15, -0.1) is 0 Å². The smallest absolute Gasteiger partial charge is 0.325 e. The second-order valence-electron chi connectivity index (χ2n) is 6.81. The minimum Gasteiger partial charge on any atom is -0.454 e. The fourth-order valence-electron chi connectivity index (χ4n) is 3.33. The maximum Gasteiger partial charge on any atom is 0.325 e. The number of rotatable bonds is 5. The first-order valence-corrected chi connectivity index (χ1v) is 8.57. The molecule has 0 bridgehead atoms. The molecular weight excluding hydrogens is 348 g/mol. The average molecular weight is 366 g/mol. The van der Waals surface area contributed by atoms with Gasteiger partial charge in [0, 0.05) is 12.0 Å². The molecule has 2 aliphatic heterocycles. The second-order valence-corrected chi connectivity index (χ2v) is 6.81. The van der Waals surface area contributed by atoms with Gasteiger partial charge in [0.25, 0.3) is 5.91 Å². The summed E-state index contributed by atoms with van der Waals surface area (Å²) >= 11 is 0. The lowest BCUT2D eigenvalue weighted by Crippen LogP contribution is -2.46. The van der Waals surface area contributed by atoms with Gasteiger partial charge >= 0.3 is 6.03 Å². The zero-order valence-electron chi connectivity index (χ0n) is 14.7. The first-order valence-electron chi connectivity index (χ1n) is 8.57. The van der Waals surface area contributed by atoms with E-state index in [1.807, 2.05) is 6.07 Å². The predicted octanol–water partition coefficient (Wildman–Crippen LogP) is 2.15. The number of Topliss-reactive ketones (excluding diaryl/α,β-unsaturated/α-hetero) is 1. The molecule has 0 unspecified atom stereocenters. The Kier molecular flexibility index (Phi) is 4.07. The molecule has 7 heteroatoms. The topological polar surface area (TPSA) is 84.9 Å². The molecule has 7 nitrogen and oxygen atoms in total. The third kappa shape index (κ3) is 3.12. The van der Waals surface area contributed by atoms with Crippen LogP contribution >= 0.6 is 0 Å². The van der Waals surface area contributed by atoms with E-state index in [0.29, 0.717) is 17.1 Å². The van der Waals surface area contributed by atoms with Crippen LogP contribution in [0, 0.1) is 0 Å². The summed E-state index contributed by atoms with van der Waals surface area (Å²) in [5, 5.41) is 2.72. The van der Waals surface area contributed by atoms with Crippen molar-refractivity contribution >= 4 is 17.7 Å². The minimum atomic E-state index is -1.12. The molecule has 2 aromatic rings. The molecule has 0 spiro atoms. The van der Waals surface area contributed by atoms with E-state index in [0.717, 1.165) is 10.5 Å². The van der Waals surface area contributed by atoms with Crippen LogP contribution in [0.5, 0.6) is 11.5 Å². The van der Waals surface area contributed by atoms with Crippen molar-refractivity contribution in [2.24, 2.45) is 0 Å². The van der Waals surface area contributed by atoms with Crippen LogP contribution < -0.4 is 14.8 Å². The summed E-state index contributed by atoms with van der Waals surface area (Å²) < 4.78 is 10.6. The molecule has 0 radical (unpaired) electrons. The molecule has 1 atom stereocenters. The summed E-state index contributed by atoms with van der Waals surface area (Å²) in [6.45, 7) is 1.54. The van der Waals surface area contributed by atoms with Gasteiger partial charge < -0.3 is 14.8 Å². The van der Waals surface area contributed by atoms with Crippen LogP contribution in [0.15, 0.2) is 48.5 Å². The highest BCUT2D eigenvalue weighted by Crippen LogP contribution is 2.34. The Labute approximate surface area is 155 Å². The van der Waals surface area contributed by atoms with Crippen molar-refractivity contribution in [1.29, 1.82) is 0 Å². The largest absolute Gasteiger partial charge is 0.454 e. The van der Waals surface area contributed by atoms with Crippen molar-refractivity contribution < 1.29 is 23.9 Å². The van der Waals surface area contributed by atoms with Crippen molar-refractivity contribution in [3.63, 3.8) is 0 Å². The number of carbonyl (C=O) groups is 3. The van der Waals surface area contributed by atoms with Gasteiger partial charge in [-0.25, -0.2) is 4.79 Å². The van der Waals surface area contributed by atoms with Crippen molar-refractivity contribution in [3.8, 4) is 11.5 Å². The Bertz CT molecular complexity index is 927. The second kappa shape index (κ2) is 6.42. The van der Waals surface area contributed by atoms with Crippen molar-refractivity contribution in [2.45, 2.75) is 18.9 Å². The van der Waals surface area contributed by atoms with E-state index in [2.05, 4.69) is 5.32 Å². The molecule has 4 rings (SSSR count). The van der Waals surface area contributed by atoms with Crippen molar-refractivity contribution in [1.82, 2.24) is 10.2 Å². The maximum atomic E-state index is 12.9. The number of urea groups is 1. The highest BCUT2D eigenvalue weighted by molar-refractivity contribution is 6.11. The van der Waals surface area contributed by atoms with Crippen LogP contribution in [0.1, 0.15) is 22.8 Å². The van der Waals surface area contributed by atoms with Crippen LogP contribution in [-0.4, -0.2) is 41.5 Å². The van der Waals surface area contributed by atoms with Gasteiger partial charge in [0.1, 0.15) is 5.54 Å². The van der Waals surface area contributed by atoms with Crippen LogP contribution in [0.25, 0.3) is 0 Å². The number of nitrogens with one attached hydrogen (secondary N) is 1. The summed E-state index contributed by atoms with van der Waals surface area (Å²) in [5.41, 5.74) is 0.163. The molecule has 27 heavy (non-hydrogen) atoms. The van der Waals surface area contributed by atoms with E-state index >= 15 is 0 Å². The molecule has 1 saturated heterocycles. The average Bonchev–Trinajstić information content (AvgIpc) is 3.20. The summed E-state index contributed by atoms with van der Waals surface area (Å²) in [4.78, 5) is 38.6. The first kappa shape index (κ1) is 17.1. The van der Waals surface area contributed by atoms with Crippen molar-refractivity contribution in [3.05, 3.63) is 59.7 Å².